The quantitative estimate of drug-likeness (QED) is 0.276. The van der Waals surface area contributed by atoms with Crippen LogP contribution in [0.3, 0.4) is 0 Å². The summed E-state index contributed by atoms with van der Waals surface area (Å²) in [6.45, 7) is 14.4. The van der Waals surface area contributed by atoms with Crippen molar-refractivity contribution in [2.24, 2.45) is 16.8 Å². The normalized spacial score (nSPS) is 18.8. The van der Waals surface area contributed by atoms with Crippen LogP contribution in [0.4, 0.5) is 10.3 Å². The van der Waals surface area contributed by atoms with E-state index in [1.54, 1.807) is 24.5 Å². The van der Waals surface area contributed by atoms with Crippen molar-refractivity contribution >= 4 is 20.0 Å². The summed E-state index contributed by atoms with van der Waals surface area (Å²) < 4.78 is 33.0. The largest absolute Gasteiger partial charge is 0.412 e. The smallest absolute Gasteiger partial charge is 0.225 e. The van der Waals surface area contributed by atoms with E-state index in [4.69, 9.17) is 24.5 Å². The number of oxime groups is 1. The Morgan fingerprint density at radius 2 is 1.93 bits per heavy atom. The molecule has 2 saturated heterocycles. The lowest BCUT2D eigenvalue weighted by Gasteiger charge is -2.36. The van der Waals surface area contributed by atoms with Crippen LogP contribution >= 0.6 is 0 Å². The second-order valence-electron chi connectivity index (χ2n) is 12.1. The third-order valence-electron chi connectivity index (χ3n) is 7.95. The van der Waals surface area contributed by atoms with Gasteiger partial charge in [-0.3, -0.25) is 0 Å². The first kappa shape index (κ1) is 30.5. The van der Waals surface area contributed by atoms with E-state index in [0.29, 0.717) is 55.5 Å². The Bertz CT molecular complexity index is 1130. The fourth-order valence-electron chi connectivity index (χ4n) is 4.11. The van der Waals surface area contributed by atoms with Gasteiger partial charge in [-0.2, -0.15) is 0 Å². The highest BCUT2D eigenvalue weighted by atomic mass is 28.4. The van der Waals surface area contributed by atoms with Crippen molar-refractivity contribution in [1.82, 2.24) is 9.97 Å². The Hall–Kier alpha value is -2.44. The van der Waals surface area contributed by atoms with Gasteiger partial charge in [0.1, 0.15) is 12.4 Å². The molecule has 2 fully saturated rings. The Morgan fingerprint density at radius 1 is 1.18 bits per heavy atom. The van der Waals surface area contributed by atoms with Crippen LogP contribution in [0, 0.1) is 11.7 Å². The molecule has 2 atom stereocenters. The third kappa shape index (κ3) is 7.85. The molecule has 11 heteroatoms. The number of nitrogens with two attached hydrogens (primary N) is 1. The van der Waals surface area contributed by atoms with Crippen molar-refractivity contribution < 1.29 is 23.1 Å². The van der Waals surface area contributed by atoms with Crippen molar-refractivity contribution in [2.45, 2.75) is 71.1 Å². The number of aromatic nitrogens is 2. The molecule has 0 bridgehead atoms. The van der Waals surface area contributed by atoms with Crippen molar-refractivity contribution in [3.05, 3.63) is 42.0 Å². The van der Waals surface area contributed by atoms with Gasteiger partial charge in [-0.1, -0.05) is 44.1 Å². The third-order valence-corrected chi connectivity index (χ3v) is 12.4. The summed E-state index contributed by atoms with van der Waals surface area (Å²) in [5.41, 5.74) is 8.41. The summed E-state index contributed by atoms with van der Waals surface area (Å²) in [6.07, 6.45) is 6.32. The van der Waals surface area contributed by atoms with Gasteiger partial charge in [-0.25, -0.2) is 14.4 Å². The number of benzene rings is 1. The van der Waals surface area contributed by atoms with Gasteiger partial charge in [-0.15, -0.1) is 0 Å². The van der Waals surface area contributed by atoms with Gasteiger partial charge in [0.05, 0.1) is 32.0 Å². The predicted molar refractivity (Wildman–Crippen MR) is 157 cm³/mol. The molecule has 3 heterocycles. The zero-order valence-corrected chi connectivity index (χ0v) is 25.5. The molecule has 0 saturated carbocycles. The molecule has 2 aliphatic rings. The van der Waals surface area contributed by atoms with E-state index in [-0.39, 0.29) is 29.7 Å². The van der Waals surface area contributed by atoms with Crippen LogP contribution in [0.2, 0.25) is 18.1 Å². The number of hydrogen-bond acceptors (Lipinski definition) is 9. The van der Waals surface area contributed by atoms with E-state index in [9.17, 15) is 0 Å². The van der Waals surface area contributed by atoms with Crippen LogP contribution in [0.1, 0.15) is 45.6 Å². The van der Waals surface area contributed by atoms with Gasteiger partial charge < -0.3 is 29.4 Å². The maximum Gasteiger partial charge on any atom is 0.225 e. The summed E-state index contributed by atoms with van der Waals surface area (Å²) in [4.78, 5) is 16.5. The topological polar surface area (TPSA) is 104 Å². The fourth-order valence-corrected chi connectivity index (χ4v) is 5.06. The van der Waals surface area contributed by atoms with Crippen LogP contribution in [0.15, 0.2) is 35.7 Å². The second-order valence-corrected chi connectivity index (χ2v) is 16.9. The first-order valence-corrected chi connectivity index (χ1v) is 17.1. The molecular formula is C29H44FN5O4Si. The van der Waals surface area contributed by atoms with Gasteiger partial charge >= 0.3 is 0 Å². The fraction of sp³-hybridized carbons (Fsp3) is 0.621. The molecule has 0 amide bonds. The molecule has 2 N–H and O–H groups in total. The average Bonchev–Trinajstić information content (AvgIpc) is 2.91. The maximum atomic E-state index is 15.4. The molecule has 0 spiro atoms. The number of hydrogen-bond donors (Lipinski definition) is 1. The van der Waals surface area contributed by atoms with Gasteiger partial charge in [0.2, 0.25) is 5.95 Å². The Balaban J connectivity index is 1.26. The standard InChI is InChI=1S/C29H44FN5O4Si/c1-29(2,3)40(4,5)39-20-22-9-8-10-25(27(22)30)23-14-32-28(33-15-23)35-16-24(17-35)34-38-19-21(13-31)18-37-26-11-6-7-12-36-26/h8-10,14-15,21,26H,6-7,11-13,16-20,31H2,1-5H3. The molecule has 40 heavy (non-hydrogen) atoms. The number of halogens is 1. The van der Waals surface area contributed by atoms with Gasteiger partial charge in [-0.05, 0) is 37.4 Å². The van der Waals surface area contributed by atoms with E-state index in [1.165, 1.54) is 0 Å². The highest BCUT2D eigenvalue weighted by Crippen LogP contribution is 2.37. The minimum atomic E-state index is -1.99. The molecule has 1 aromatic carbocycles. The second kappa shape index (κ2) is 13.5. The van der Waals surface area contributed by atoms with E-state index in [0.717, 1.165) is 31.6 Å². The van der Waals surface area contributed by atoms with E-state index in [2.05, 4.69) is 49.0 Å². The monoisotopic (exact) mass is 573 g/mol. The lowest BCUT2D eigenvalue weighted by Crippen LogP contribution is -2.48. The SMILES string of the molecule is CC(C)(C)[Si](C)(C)OCc1cccc(-c2cnc(N3CC(=NOCC(CN)COC4CCCCO4)C3)nc2)c1F. The minimum absolute atomic E-state index is 0.0550. The van der Waals surface area contributed by atoms with Crippen LogP contribution in [-0.2, 0) is 25.3 Å². The summed E-state index contributed by atoms with van der Waals surface area (Å²) in [7, 11) is -1.99. The number of ether oxygens (including phenoxy) is 2. The first-order chi connectivity index (χ1) is 19.1. The molecule has 9 nitrogen and oxygen atoms in total. The molecule has 220 valence electrons. The van der Waals surface area contributed by atoms with Crippen LogP contribution in [0.5, 0.6) is 0 Å². The van der Waals surface area contributed by atoms with Crippen LogP contribution in [0.25, 0.3) is 11.1 Å². The minimum Gasteiger partial charge on any atom is -0.412 e. The van der Waals surface area contributed by atoms with E-state index in [1.807, 2.05) is 11.0 Å². The summed E-state index contributed by atoms with van der Waals surface area (Å²) >= 11 is 0. The zero-order chi connectivity index (χ0) is 28.8. The molecule has 2 aliphatic heterocycles. The summed E-state index contributed by atoms with van der Waals surface area (Å²) in [5, 5.41) is 4.30. The number of rotatable bonds is 12. The Kier molecular flexibility index (Phi) is 10.3. The van der Waals surface area contributed by atoms with E-state index < -0.39 is 8.32 Å². The maximum absolute atomic E-state index is 15.4. The summed E-state index contributed by atoms with van der Waals surface area (Å²) in [5.74, 6) is 0.334. The van der Waals surface area contributed by atoms with E-state index >= 15 is 4.39 Å². The first-order valence-electron chi connectivity index (χ1n) is 14.2. The molecular weight excluding hydrogens is 529 g/mol. The van der Waals surface area contributed by atoms with Gasteiger partial charge in [0, 0.05) is 48.2 Å². The van der Waals surface area contributed by atoms with Crippen LogP contribution < -0.4 is 10.6 Å². The van der Waals surface area contributed by atoms with Crippen LogP contribution in [-0.4, -0.2) is 69.7 Å². The molecule has 0 aliphatic carbocycles. The van der Waals surface area contributed by atoms with Crippen molar-refractivity contribution in [3.63, 3.8) is 0 Å². The van der Waals surface area contributed by atoms with Gasteiger partial charge in [0.15, 0.2) is 14.6 Å². The van der Waals surface area contributed by atoms with Crippen molar-refractivity contribution in [2.75, 3.05) is 44.4 Å². The Labute approximate surface area is 238 Å². The molecule has 4 rings (SSSR count). The Morgan fingerprint density at radius 3 is 2.58 bits per heavy atom. The highest BCUT2D eigenvalue weighted by molar-refractivity contribution is 6.74. The zero-order valence-electron chi connectivity index (χ0n) is 24.5. The lowest BCUT2D eigenvalue weighted by molar-refractivity contribution is -0.171. The molecule has 2 aromatic rings. The molecule has 1 aromatic heterocycles. The average molecular weight is 574 g/mol. The van der Waals surface area contributed by atoms with Crippen molar-refractivity contribution in [3.8, 4) is 11.1 Å². The highest BCUT2D eigenvalue weighted by Gasteiger charge is 2.37. The predicted octanol–water partition coefficient (Wildman–Crippen LogP) is 5.12. The summed E-state index contributed by atoms with van der Waals surface area (Å²) in [6, 6.07) is 5.37. The lowest BCUT2D eigenvalue weighted by atomic mass is 10.1. The number of anilines is 1. The molecule has 2 unspecified atom stereocenters. The number of nitrogens with zero attached hydrogens (tertiary/aromatic N) is 4. The molecule has 0 radical (unpaired) electrons. The van der Waals surface area contributed by atoms with Gasteiger partial charge in [0.25, 0.3) is 0 Å². The van der Waals surface area contributed by atoms with Crippen molar-refractivity contribution in [1.29, 1.82) is 0 Å².